The number of hydrogen-bond acceptors (Lipinski definition) is 6. The molecule has 0 atom stereocenters. The van der Waals surface area contributed by atoms with Crippen molar-refractivity contribution in [3.63, 3.8) is 0 Å². The van der Waals surface area contributed by atoms with Crippen molar-refractivity contribution in [3.8, 4) is 17.2 Å². The number of benzene rings is 6. The van der Waals surface area contributed by atoms with Gasteiger partial charge in [-0.3, -0.25) is 15.0 Å². The van der Waals surface area contributed by atoms with Gasteiger partial charge < -0.3 is 14.2 Å². The summed E-state index contributed by atoms with van der Waals surface area (Å²) in [7, 11) is 5.01. The second-order valence-corrected chi connectivity index (χ2v) is 14.0. The lowest BCUT2D eigenvalue weighted by Gasteiger charge is -2.27. The van der Waals surface area contributed by atoms with E-state index in [4.69, 9.17) is 29.2 Å². The molecule has 7 heteroatoms. The lowest BCUT2D eigenvalue weighted by molar-refractivity contribution is 0.415. The van der Waals surface area contributed by atoms with Crippen molar-refractivity contribution in [1.29, 1.82) is 0 Å². The first-order chi connectivity index (χ1) is 26.6. The zero-order valence-corrected chi connectivity index (χ0v) is 33.3. The van der Waals surface area contributed by atoms with Crippen molar-refractivity contribution < 1.29 is 14.2 Å². The van der Waals surface area contributed by atoms with Crippen LogP contribution in [0.3, 0.4) is 0 Å². The summed E-state index contributed by atoms with van der Waals surface area (Å²) >= 11 is 0. The maximum absolute atomic E-state index is 5.32. The maximum atomic E-state index is 5.32. The van der Waals surface area contributed by atoms with E-state index in [1.165, 1.54) is 49.8 Å². The molecular weight excluding hydrogens is 677 g/mol. The molecule has 0 saturated carbocycles. The van der Waals surface area contributed by atoms with Crippen LogP contribution < -0.4 is 30.6 Å². The summed E-state index contributed by atoms with van der Waals surface area (Å²) in [4.78, 5) is 14.3. The highest BCUT2D eigenvalue weighted by atomic mass is 16.5. The Morgan fingerprint density at radius 1 is 0.364 bits per heavy atom. The van der Waals surface area contributed by atoms with Gasteiger partial charge in [-0.25, -0.2) is 0 Å². The smallest absolute Gasteiger partial charge is 0.243 e. The number of aliphatic imine (C=N–C) groups is 3. The third-order valence-corrected chi connectivity index (χ3v) is 10.0. The number of ether oxygens (including phenoxy) is 3. The fourth-order valence-corrected chi connectivity index (χ4v) is 7.50. The highest BCUT2D eigenvalue weighted by Gasteiger charge is 2.31. The molecule has 0 aliphatic rings. The van der Waals surface area contributed by atoms with Crippen molar-refractivity contribution in [2.75, 3.05) is 21.3 Å². The van der Waals surface area contributed by atoms with E-state index in [0.717, 1.165) is 51.0 Å². The van der Waals surface area contributed by atoms with E-state index in [-0.39, 0.29) is 6.71 Å². The van der Waals surface area contributed by atoms with Gasteiger partial charge in [-0.1, -0.05) is 86.2 Å². The van der Waals surface area contributed by atoms with Gasteiger partial charge in [0.15, 0.2) is 0 Å². The van der Waals surface area contributed by atoms with Gasteiger partial charge >= 0.3 is 0 Å². The van der Waals surface area contributed by atoms with Gasteiger partial charge in [0.25, 0.3) is 0 Å². The molecule has 0 fully saturated rings. The molecule has 0 aliphatic carbocycles. The van der Waals surface area contributed by atoms with Crippen LogP contribution in [0, 0.1) is 41.5 Å². The predicted octanol–water partition coefficient (Wildman–Crippen LogP) is 9.33. The third-order valence-electron chi connectivity index (χ3n) is 10.0. The molecular formula is C48H48BN3O3. The first-order valence-electron chi connectivity index (χ1n) is 18.4. The van der Waals surface area contributed by atoms with Crippen LogP contribution in [-0.2, 0) is 0 Å². The molecule has 0 aromatic heterocycles. The zero-order chi connectivity index (χ0) is 39.1. The molecule has 6 aromatic rings. The Morgan fingerprint density at radius 2 is 0.582 bits per heavy atom. The predicted molar refractivity (Wildman–Crippen MR) is 233 cm³/mol. The van der Waals surface area contributed by atoms with E-state index in [1.54, 1.807) is 21.3 Å². The Morgan fingerprint density at radius 3 is 0.782 bits per heavy atom. The minimum Gasteiger partial charge on any atom is -0.497 e. The minimum atomic E-state index is -0.00673. The van der Waals surface area contributed by atoms with Crippen molar-refractivity contribution in [2.24, 2.45) is 15.0 Å². The first-order valence-corrected chi connectivity index (χ1v) is 18.4. The van der Waals surface area contributed by atoms with Crippen molar-refractivity contribution in [2.45, 2.75) is 41.5 Å². The molecule has 0 N–H and O–H groups in total. The standard InChI is InChI=1S/C48H48BN3O3/c1-31-22-37(28-50-40-10-16-43(53-7)17-11-40)23-32(2)46(31)49(47-33(3)24-38(25-34(47)4)29-51-41-12-18-44(54-8)19-13-41)48-35(5)26-39(27-36(48)6)30-52-42-14-20-45(55-9)21-15-42/h10-30H,1-9H3. The van der Waals surface area contributed by atoms with E-state index < -0.39 is 0 Å². The van der Waals surface area contributed by atoms with Crippen LogP contribution in [0.2, 0.25) is 0 Å². The highest BCUT2D eigenvalue weighted by Crippen LogP contribution is 2.22. The molecule has 0 unspecified atom stereocenters. The second-order valence-electron chi connectivity index (χ2n) is 14.0. The van der Waals surface area contributed by atoms with Gasteiger partial charge in [0.2, 0.25) is 6.71 Å². The summed E-state index contributed by atoms with van der Waals surface area (Å²) in [6, 6.07) is 36.9. The molecule has 0 heterocycles. The van der Waals surface area contributed by atoms with Crippen LogP contribution in [0.5, 0.6) is 17.2 Å². The van der Waals surface area contributed by atoms with Crippen molar-refractivity contribution in [1.82, 2.24) is 0 Å². The minimum absolute atomic E-state index is 0.00673. The molecule has 6 rings (SSSR count). The summed E-state index contributed by atoms with van der Waals surface area (Å²) in [5.41, 5.74) is 17.0. The average Bonchev–Trinajstić information content (AvgIpc) is 3.18. The molecule has 6 nitrogen and oxygen atoms in total. The topological polar surface area (TPSA) is 64.8 Å². The Bertz CT molecular complexity index is 2040. The van der Waals surface area contributed by atoms with Crippen LogP contribution in [-0.4, -0.2) is 46.7 Å². The van der Waals surface area contributed by atoms with Gasteiger partial charge in [-0.15, -0.1) is 0 Å². The molecule has 0 aliphatic heterocycles. The van der Waals surface area contributed by atoms with Gasteiger partial charge in [0, 0.05) is 18.6 Å². The van der Waals surface area contributed by atoms with Gasteiger partial charge in [-0.05, 0) is 131 Å². The molecule has 0 spiro atoms. The SMILES string of the molecule is COc1ccc(N=Cc2cc(C)c(B(c3c(C)cc(C=Nc4ccc(OC)cc4)cc3C)c3c(C)cc(C=Nc4ccc(OC)cc4)cc3C)c(C)c2)cc1. The monoisotopic (exact) mass is 725 g/mol. The molecule has 0 amide bonds. The summed E-state index contributed by atoms with van der Waals surface area (Å²) in [5, 5.41) is 0. The Labute approximate surface area is 326 Å². The third kappa shape index (κ3) is 9.13. The van der Waals surface area contributed by atoms with Crippen LogP contribution >= 0.6 is 0 Å². The zero-order valence-electron chi connectivity index (χ0n) is 33.3. The highest BCUT2D eigenvalue weighted by molar-refractivity contribution is 6.97. The number of hydrogen-bond donors (Lipinski definition) is 0. The van der Waals surface area contributed by atoms with E-state index >= 15 is 0 Å². The fourth-order valence-electron chi connectivity index (χ4n) is 7.50. The van der Waals surface area contributed by atoms with Crippen molar-refractivity contribution >= 4 is 58.8 Å². The maximum Gasteiger partial charge on any atom is 0.243 e. The van der Waals surface area contributed by atoms with Crippen LogP contribution in [0.4, 0.5) is 17.1 Å². The Balaban J connectivity index is 1.43. The number of rotatable bonds is 12. The van der Waals surface area contributed by atoms with Gasteiger partial charge in [-0.2, -0.15) is 0 Å². The molecule has 0 radical (unpaired) electrons. The van der Waals surface area contributed by atoms with E-state index in [2.05, 4.69) is 77.9 Å². The number of aryl methyl sites for hydroxylation is 6. The lowest BCUT2D eigenvalue weighted by atomic mass is 9.33. The average molecular weight is 726 g/mol. The summed E-state index contributed by atoms with van der Waals surface area (Å²) in [5.74, 6) is 2.44. The lowest BCUT2D eigenvalue weighted by Crippen LogP contribution is -2.57. The summed E-state index contributed by atoms with van der Waals surface area (Å²) < 4.78 is 16.0. The molecule has 55 heavy (non-hydrogen) atoms. The van der Waals surface area contributed by atoms with Crippen molar-refractivity contribution in [3.05, 3.63) is 159 Å². The van der Waals surface area contributed by atoms with Crippen LogP contribution in [0.1, 0.15) is 50.1 Å². The molecule has 0 saturated heterocycles. The first kappa shape index (κ1) is 38.5. The quantitative estimate of drug-likeness (QED) is 0.0934. The Hall–Kier alpha value is -6.21. The number of nitrogens with zero attached hydrogens (tertiary/aromatic N) is 3. The second kappa shape index (κ2) is 17.3. The summed E-state index contributed by atoms with van der Waals surface area (Å²) in [6.45, 7) is 13.3. The molecule has 6 aromatic carbocycles. The number of methoxy groups -OCH3 is 3. The summed E-state index contributed by atoms with van der Waals surface area (Å²) in [6.07, 6.45) is 5.84. The fraction of sp³-hybridized carbons (Fsp3) is 0.188. The normalized spacial score (nSPS) is 11.5. The van der Waals surface area contributed by atoms with Crippen LogP contribution in [0.25, 0.3) is 0 Å². The Kier molecular flexibility index (Phi) is 12.1. The van der Waals surface area contributed by atoms with Gasteiger partial charge in [0.05, 0.1) is 38.4 Å². The van der Waals surface area contributed by atoms with E-state index in [0.29, 0.717) is 0 Å². The largest absolute Gasteiger partial charge is 0.497 e. The molecule has 0 bridgehead atoms. The van der Waals surface area contributed by atoms with E-state index in [9.17, 15) is 0 Å². The van der Waals surface area contributed by atoms with Crippen LogP contribution in [0.15, 0.2) is 124 Å². The van der Waals surface area contributed by atoms with Gasteiger partial charge in [0.1, 0.15) is 17.2 Å². The van der Waals surface area contributed by atoms with E-state index in [1.807, 2.05) is 91.4 Å². The molecule has 276 valence electrons.